The Bertz CT molecular complexity index is 592. The lowest BCUT2D eigenvalue weighted by atomic mass is 10.0. The highest BCUT2D eigenvalue weighted by atomic mass is 16.2. The van der Waals surface area contributed by atoms with E-state index in [2.05, 4.69) is 65.2 Å². The van der Waals surface area contributed by atoms with Crippen LogP contribution in [0.15, 0.2) is 36.9 Å². The molecule has 1 aromatic carbocycles. The van der Waals surface area contributed by atoms with Gasteiger partial charge in [-0.3, -0.25) is 14.5 Å². The van der Waals surface area contributed by atoms with Crippen molar-refractivity contribution in [2.45, 2.75) is 13.0 Å². The molecule has 0 aliphatic carbocycles. The van der Waals surface area contributed by atoms with Gasteiger partial charge >= 0.3 is 11.8 Å². The lowest BCUT2D eigenvalue weighted by Crippen LogP contribution is -2.49. The minimum Gasteiger partial charge on any atom is -0.346 e. The van der Waals surface area contributed by atoms with Crippen molar-refractivity contribution in [3.05, 3.63) is 48.0 Å². The predicted molar refractivity (Wildman–Crippen MR) is 99.2 cm³/mol. The molecule has 1 aromatic rings. The Labute approximate surface area is 149 Å². The molecule has 1 fully saturated rings. The second-order valence-electron chi connectivity index (χ2n) is 6.47. The van der Waals surface area contributed by atoms with E-state index in [-0.39, 0.29) is 12.6 Å². The van der Waals surface area contributed by atoms with E-state index in [0.717, 1.165) is 31.7 Å². The Kier molecular flexibility index (Phi) is 7.16. The molecule has 1 aliphatic heterocycles. The van der Waals surface area contributed by atoms with Gasteiger partial charge in [-0.2, -0.15) is 0 Å². The van der Waals surface area contributed by atoms with Crippen LogP contribution in [0.4, 0.5) is 0 Å². The van der Waals surface area contributed by atoms with Gasteiger partial charge in [0.2, 0.25) is 0 Å². The molecule has 0 bridgehead atoms. The quantitative estimate of drug-likeness (QED) is 0.589. The van der Waals surface area contributed by atoms with Crippen molar-refractivity contribution in [2.24, 2.45) is 0 Å². The molecule has 136 valence electrons. The van der Waals surface area contributed by atoms with E-state index < -0.39 is 11.8 Å². The fourth-order valence-electron chi connectivity index (χ4n) is 2.89. The Morgan fingerprint density at radius 3 is 2.32 bits per heavy atom. The first-order chi connectivity index (χ1) is 12.0. The molecule has 1 saturated heterocycles. The lowest BCUT2D eigenvalue weighted by Gasteiger charge is -2.38. The topological polar surface area (TPSA) is 64.7 Å². The van der Waals surface area contributed by atoms with Crippen molar-refractivity contribution in [1.82, 2.24) is 20.4 Å². The van der Waals surface area contributed by atoms with Crippen molar-refractivity contribution in [3.8, 4) is 0 Å². The number of aryl methyl sites for hydroxylation is 1. The fraction of sp³-hybridized carbons (Fsp3) is 0.474. The molecule has 0 aromatic heterocycles. The largest absolute Gasteiger partial charge is 0.346 e. The summed E-state index contributed by atoms with van der Waals surface area (Å²) in [6, 6.07) is 8.42. The van der Waals surface area contributed by atoms with Crippen LogP contribution in [0.2, 0.25) is 0 Å². The Hall–Kier alpha value is -2.18. The molecule has 6 nitrogen and oxygen atoms in total. The maximum absolute atomic E-state index is 12.0. The van der Waals surface area contributed by atoms with Crippen molar-refractivity contribution >= 4 is 11.8 Å². The summed E-state index contributed by atoms with van der Waals surface area (Å²) in [5.74, 6) is -1.23. The van der Waals surface area contributed by atoms with Crippen LogP contribution in [0.3, 0.4) is 0 Å². The molecule has 0 saturated carbocycles. The molecular formula is C19H28N4O2. The van der Waals surface area contributed by atoms with Gasteiger partial charge < -0.3 is 15.5 Å². The zero-order chi connectivity index (χ0) is 18.2. The third-order valence-corrected chi connectivity index (χ3v) is 4.51. The molecule has 2 N–H and O–H groups in total. The van der Waals surface area contributed by atoms with Gasteiger partial charge in [-0.25, -0.2) is 0 Å². The summed E-state index contributed by atoms with van der Waals surface area (Å²) in [5, 5.41) is 5.27. The number of benzene rings is 1. The number of carbonyl (C=O) groups is 2. The van der Waals surface area contributed by atoms with Crippen molar-refractivity contribution in [1.29, 1.82) is 0 Å². The molecule has 6 heteroatoms. The van der Waals surface area contributed by atoms with Crippen LogP contribution in [0.5, 0.6) is 0 Å². The van der Waals surface area contributed by atoms with E-state index in [0.29, 0.717) is 6.54 Å². The van der Waals surface area contributed by atoms with Gasteiger partial charge in [0.25, 0.3) is 0 Å². The first kappa shape index (κ1) is 19.1. The normalized spacial score (nSPS) is 16.9. The second kappa shape index (κ2) is 9.34. The van der Waals surface area contributed by atoms with Crippen molar-refractivity contribution in [2.75, 3.05) is 46.3 Å². The fourth-order valence-corrected chi connectivity index (χ4v) is 2.89. The van der Waals surface area contributed by atoms with E-state index in [1.54, 1.807) is 6.08 Å². The van der Waals surface area contributed by atoms with E-state index in [4.69, 9.17) is 0 Å². The number of carbonyl (C=O) groups excluding carboxylic acids is 2. The van der Waals surface area contributed by atoms with Crippen molar-refractivity contribution in [3.63, 3.8) is 0 Å². The maximum atomic E-state index is 12.0. The smallest absolute Gasteiger partial charge is 0.309 e. The summed E-state index contributed by atoms with van der Waals surface area (Å²) < 4.78 is 0. The molecule has 0 radical (unpaired) electrons. The summed E-state index contributed by atoms with van der Waals surface area (Å²) in [6.07, 6.45) is 1.55. The zero-order valence-electron chi connectivity index (χ0n) is 15.1. The average Bonchev–Trinajstić information content (AvgIpc) is 2.62. The number of rotatable bonds is 6. The standard InChI is InChI=1S/C19H28N4O2/c1-4-9-20-18(24)19(25)21-14-17(16-7-5-15(2)6-8-16)23-12-10-22(3)11-13-23/h4-8,17H,1,9-14H2,2-3H3,(H,20,24)(H,21,25). The number of hydrogen-bond acceptors (Lipinski definition) is 4. The highest BCUT2D eigenvalue weighted by molar-refractivity contribution is 6.35. The Morgan fingerprint density at radius 2 is 1.72 bits per heavy atom. The first-order valence-electron chi connectivity index (χ1n) is 8.67. The maximum Gasteiger partial charge on any atom is 0.309 e. The molecule has 0 spiro atoms. The van der Waals surface area contributed by atoms with E-state index in [9.17, 15) is 9.59 Å². The predicted octanol–water partition coefficient (Wildman–Crippen LogP) is 0.702. The van der Waals surface area contributed by atoms with Gasteiger partial charge in [-0.15, -0.1) is 6.58 Å². The average molecular weight is 344 g/mol. The number of piperazine rings is 1. The molecule has 2 rings (SSSR count). The third-order valence-electron chi connectivity index (χ3n) is 4.51. The second-order valence-corrected chi connectivity index (χ2v) is 6.47. The highest BCUT2D eigenvalue weighted by Gasteiger charge is 2.25. The van der Waals surface area contributed by atoms with Crippen LogP contribution in [0.1, 0.15) is 17.2 Å². The van der Waals surface area contributed by atoms with Gasteiger partial charge in [-0.1, -0.05) is 35.9 Å². The summed E-state index contributed by atoms with van der Waals surface area (Å²) in [5.41, 5.74) is 2.36. The Morgan fingerprint density at radius 1 is 1.12 bits per heavy atom. The number of nitrogens with zero attached hydrogens (tertiary/aromatic N) is 2. The van der Waals surface area contributed by atoms with E-state index >= 15 is 0 Å². The Balaban J connectivity index is 2.04. The number of nitrogens with one attached hydrogen (secondary N) is 2. The van der Waals surface area contributed by atoms with Crippen LogP contribution >= 0.6 is 0 Å². The van der Waals surface area contributed by atoms with Gasteiger partial charge in [0.1, 0.15) is 0 Å². The van der Waals surface area contributed by atoms with Crippen LogP contribution in [0.25, 0.3) is 0 Å². The molecule has 1 heterocycles. The van der Waals surface area contributed by atoms with Crippen LogP contribution in [-0.4, -0.2) is 67.9 Å². The van der Waals surface area contributed by atoms with E-state index in [1.165, 1.54) is 5.56 Å². The number of amides is 2. The summed E-state index contributed by atoms with van der Waals surface area (Å²) >= 11 is 0. The molecule has 1 unspecified atom stereocenters. The molecule has 25 heavy (non-hydrogen) atoms. The van der Waals surface area contributed by atoms with Crippen LogP contribution in [-0.2, 0) is 9.59 Å². The van der Waals surface area contributed by atoms with Gasteiger partial charge in [0, 0.05) is 39.3 Å². The first-order valence-corrected chi connectivity index (χ1v) is 8.67. The molecule has 2 amide bonds. The third kappa shape index (κ3) is 5.69. The summed E-state index contributed by atoms with van der Waals surface area (Å²) in [6.45, 7) is 10.1. The van der Waals surface area contributed by atoms with Crippen LogP contribution in [0, 0.1) is 6.92 Å². The minimum atomic E-state index is -0.624. The zero-order valence-corrected chi connectivity index (χ0v) is 15.1. The molecular weight excluding hydrogens is 316 g/mol. The number of likely N-dealkylation sites (N-methyl/N-ethyl adjacent to an activating group) is 1. The highest BCUT2D eigenvalue weighted by Crippen LogP contribution is 2.22. The van der Waals surface area contributed by atoms with Crippen LogP contribution < -0.4 is 10.6 Å². The van der Waals surface area contributed by atoms with E-state index in [1.807, 2.05) is 0 Å². The minimum absolute atomic E-state index is 0.0606. The van der Waals surface area contributed by atoms with Gasteiger partial charge in [0.05, 0.1) is 6.04 Å². The van der Waals surface area contributed by atoms with Crippen molar-refractivity contribution < 1.29 is 9.59 Å². The SMILES string of the molecule is C=CCNC(=O)C(=O)NCC(c1ccc(C)cc1)N1CCN(C)CC1. The van der Waals surface area contributed by atoms with Gasteiger partial charge in [0.15, 0.2) is 0 Å². The number of hydrogen-bond donors (Lipinski definition) is 2. The lowest BCUT2D eigenvalue weighted by molar-refractivity contribution is -0.139. The monoisotopic (exact) mass is 344 g/mol. The summed E-state index contributed by atoms with van der Waals surface area (Å²) in [7, 11) is 2.12. The summed E-state index contributed by atoms with van der Waals surface area (Å²) in [4.78, 5) is 28.4. The molecule has 1 aliphatic rings. The molecule has 1 atom stereocenters. The van der Waals surface area contributed by atoms with Gasteiger partial charge in [-0.05, 0) is 19.5 Å².